The van der Waals surface area contributed by atoms with Crippen LogP contribution in [0.3, 0.4) is 0 Å². The van der Waals surface area contributed by atoms with Crippen molar-refractivity contribution in [2.24, 2.45) is 0 Å². The van der Waals surface area contributed by atoms with Gasteiger partial charge in [-0.3, -0.25) is 0 Å². The average molecular weight is 785 g/mol. The molecule has 0 saturated heterocycles. The molecule has 0 atom stereocenters. The highest BCUT2D eigenvalue weighted by Gasteiger charge is 2.38. The first-order chi connectivity index (χ1) is 29.8. The minimum absolute atomic E-state index is 0.203. The largest absolute Gasteiger partial charge is 0.310 e. The summed E-state index contributed by atoms with van der Waals surface area (Å²) in [5.74, 6) is 0. The van der Waals surface area contributed by atoms with Gasteiger partial charge in [-0.25, -0.2) is 0 Å². The average Bonchev–Trinajstić information content (AvgIpc) is 3.53. The van der Waals surface area contributed by atoms with Crippen molar-refractivity contribution in [1.29, 1.82) is 0 Å². The van der Waals surface area contributed by atoms with Gasteiger partial charge in [0.2, 0.25) is 0 Å². The topological polar surface area (TPSA) is 6.48 Å². The molecule has 0 aromatic heterocycles. The first-order valence-corrected chi connectivity index (χ1v) is 21.3. The van der Waals surface area contributed by atoms with Crippen LogP contribution >= 0.6 is 0 Å². The zero-order chi connectivity index (χ0) is 41.5. The van der Waals surface area contributed by atoms with E-state index in [4.69, 9.17) is 0 Å². The van der Waals surface area contributed by atoms with Crippen molar-refractivity contribution < 1.29 is 0 Å². The number of hydrogen-bond donors (Lipinski definition) is 0. The van der Waals surface area contributed by atoms with Crippen molar-refractivity contribution >= 4 is 34.1 Å². The maximum absolute atomic E-state index is 2.42. The Hall–Kier alpha value is -7.42. The van der Waals surface area contributed by atoms with E-state index in [1.165, 1.54) is 66.8 Å². The molecule has 0 fully saturated rings. The molecule has 9 aromatic carbocycles. The number of benzene rings is 9. The Morgan fingerprint density at radius 3 is 1.33 bits per heavy atom. The van der Waals surface area contributed by atoms with Gasteiger partial charge in [-0.15, -0.1) is 0 Å². The van der Waals surface area contributed by atoms with Crippen molar-refractivity contribution in [3.05, 3.63) is 241 Å². The van der Waals surface area contributed by atoms with Crippen LogP contribution in [0.5, 0.6) is 0 Å². The second-order valence-corrected chi connectivity index (χ2v) is 16.7. The third-order valence-electron chi connectivity index (χ3n) is 12.5. The number of anilines is 6. The number of nitrogens with zero attached hydrogens (tertiary/aromatic N) is 2. The molecule has 0 N–H and O–H groups in total. The van der Waals surface area contributed by atoms with Crippen LogP contribution in [0.2, 0.25) is 0 Å². The number of hydrogen-bond acceptors (Lipinski definition) is 2. The maximum Gasteiger partial charge on any atom is 0.0488 e. The van der Waals surface area contributed by atoms with E-state index in [0.717, 1.165) is 34.1 Å². The molecule has 0 bridgehead atoms. The van der Waals surface area contributed by atoms with Gasteiger partial charge in [0.05, 0.1) is 0 Å². The summed E-state index contributed by atoms with van der Waals surface area (Å²) >= 11 is 0. The smallest absolute Gasteiger partial charge is 0.0488 e. The van der Waals surface area contributed by atoms with E-state index in [1.54, 1.807) is 0 Å². The van der Waals surface area contributed by atoms with Gasteiger partial charge in [-0.05, 0) is 147 Å². The van der Waals surface area contributed by atoms with E-state index in [0.29, 0.717) is 0 Å². The molecular formula is C59H48N2. The van der Waals surface area contributed by atoms with Gasteiger partial charge in [-0.2, -0.15) is 0 Å². The van der Waals surface area contributed by atoms with Crippen LogP contribution in [-0.4, -0.2) is 0 Å². The van der Waals surface area contributed by atoms with E-state index in [9.17, 15) is 0 Å². The maximum atomic E-state index is 2.42. The number of para-hydroxylation sites is 2. The number of aryl methyl sites for hydroxylation is 2. The molecule has 0 radical (unpaired) electrons. The Morgan fingerprint density at radius 1 is 0.295 bits per heavy atom. The normalized spacial score (nSPS) is 12.4. The molecule has 61 heavy (non-hydrogen) atoms. The minimum atomic E-state index is -0.203. The SMILES string of the molecule is Cc1cc2c(cc1C)C(C)(C)c1c(-c3cc(N(c4ccccc4)c4ccc(-c5ccccc5)cc4)cc(N(c4ccccc4)c4cccc(-c5ccccc5)c4)c3)cccc1-2. The third kappa shape index (κ3) is 7.00. The molecule has 1 aliphatic rings. The molecule has 1 aliphatic carbocycles. The van der Waals surface area contributed by atoms with Crippen LogP contribution in [0.1, 0.15) is 36.1 Å². The highest BCUT2D eigenvalue weighted by atomic mass is 15.2. The van der Waals surface area contributed by atoms with Crippen LogP contribution in [-0.2, 0) is 5.41 Å². The Bertz CT molecular complexity index is 2990. The predicted molar refractivity (Wildman–Crippen MR) is 259 cm³/mol. The quantitative estimate of drug-likeness (QED) is 0.144. The van der Waals surface area contributed by atoms with Crippen molar-refractivity contribution in [1.82, 2.24) is 0 Å². The molecule has 294 valence electrons. The van der Waals surface area contributed by atoms with Crippen molar-refractivity contribution in [2.45, 2.75) is 33.1 Å². The fourth-order valence-corrected chi connectivity index (χ4v) is 9.33. The molecule has 2 heteroatoms. The van der Waals surface area contributed by atoms with Gasteiger partial charge >= 0.3 is 0 Å². The van der Waals surface area contributed by atoms with Crippen LogP contribution in [0.4, 0.5) is 34.1 Å². The molecule has 0 spiro atoms. The lowest BCUT2D eigenvalue weighted by Gasteiger charge is -2.31. The van der Waals surface area contributed by atoms with Crippen LogP contribution in [0.25, 0.3) is 44.5 Å². The summed E-state index contributed by atoms with van der Waals surface area (Å²) in [6.07, 6.45) is 0. The first-order valence-electron chi connectivity index (χ1n) is 21.3. The fraction of sp³-hybridized carbons (Fsp3) is 0.0847. The van der Waals surface area contributed by atoms with Crippen LogP contribution < -0.4 is 9.80 Å². The van der Waals surface area contributed by atoms with E-state index in [-0.39, 0.29) is 5.41 Å². The van der Waals surface area contributed by atoms with Crippen molar-refractivity contribution in [3.63, 3.8) is 0 Å². The lowest BCUT2D eigenvalue weighted by molar-refractivity contribution is 0.661. The second-order valence-electron chi connectivity index (χ2n) is 16.7. The van der Waals surface area contributed by atoms with Gasteiger partial charge < -0.3 is 9.80 Å². The molecule has 0 unspecified atom stereocenters. The summed E-state index contributed by atoms with van der Waals surface area (Å²) in [6, 6.07) is 79.6. The highest BCUT2D eigenvalue weighted by molar-refractivity contribution is 5.93. The Labute approximate surface area is 360 Å². The molecule has 0 saturated carbocycles. The van der Waals surface area contributed by atoms with E-state index < -0.39 is 0 Å². The van der Waals surface area contributed by atoms with Crippen molar-refractivity contribution in [3.8, 4) is 44.5 Å². The third-order valence-corrected chi connectivity index (χ3v) is 12.5. The number of fused-ring (bicyclic) bond motifs is 3. The zero-order valence-corrected chi connectivity index (χ0v) is 35.2. The second kappa shape index (κ2) is 15.6. The molecule has 0 aliphatic heterocycles. The van der Waals surface area contributed by atoms with E-state index in [2.05, 4.69) is 256 Å². The Morgan fingerprint density at radius 2 is 0.721 bits per heavy atom. The highest BCUT2D eigenvalue weighted by Crippen LogP contribution is 2.54. The van der Waals surface area contributed by atoms with Crippen LogP contribution in [0.15, 0.2) is 218 Å². The molecule has 2 nitrogen and oxygen atoms in total. The fourth-order valence-electron chi connectivity index (χ4n) is 9.33. The predicted octanol–water partition coefficient (Wildman–Crippen LogP) is 16.6. The molecule has 10 rings (SSSR count). The minimum Gasteiger partial charge on any atom is -0.310 e. The summed E-state index contributed by atoms with van der Waals surface area (Å²) in [7, 11) is 0. The number of rotatable bonds is 9. The van der Waals surface area contributed by atoms with Gasteiger partial charge in [-0.1, -0.05) is 166 Å². The van der Waals surface area contributed by atoms with Crippen LogP contribution in [0, 0.1) is 13.8 Å². The first kappa shape index (κ1) is 37.8. The standard InChI is InChI=1S/C59H48N2/c1-41-35-56-55-30-18-29-54(58(55)59(3,4)57(56)36-42(41)2)47-38-52(60(48-24-13-7-14-25-48)50-33-31-45(32-34-50)43-19-9-5-10-20-43)40-53(39-47)61(49-26-15-8-16-27-49)51-28-17-23-46(37-51)44-21-11-6-12-22-44/h5-40H,1-4H3. The summed E-state index contributed by atoms with van der Waals surface area (Å²) in [5, 5.41) is 0. The summed E-state index contributed by atoms with van der Waals surface area (Å²) in [6.45, 7) is 9.27. The Balaban J connectivity index is 1.23. The van der Waals surface area contributed by atoms with Gasteiger partial charge in [0.25, 0.3) is 0 Å². The summed E-state index contributed by atoms with van der Waals surface area (Å²) in [5.41, 5.74) is 21.5. The lowest BCUT2D eigenvalue weighted by Crippen LogP contribution is -2.17. The molecule has 9 aromatic rings. The lowest BCUT2D eigenvalue weighted by atomic mass is 9.78. The molecule has 0 amide bonds. The Kier molecular flexibility index (Phi) is 9.70. The van der Waals surface area contributed by atoms with Gasteiger partial charge in [0, 0.05) is 39.5 Å². The van der Waals surface area contributed by atoms with Crippen molar-refractivity contribution in [2.75, 3.05) is 9.80 Å². The van der Waals surface area contributed by atoms with E-state index in [1.807, 2.05) is 0 Å². The summed E-state index contributed by atoms with van der Waals surface area (Å²) in [4.78, 5) is 4.82. The molecule has 0 heterocycles. The molecular weight excluding hydrogens is 737 g/mol. The van der Waals surface area contributed by atoms with Gasteiger partial charge in [0.15, 0.2) is 0 Å². The van der Waals surface area contributed by atoms with Gasteiger partial charge in [0.1, 0.15) is 0 Å². The van der Waals surface area contributed by atoms with E-state index >= 15 is 0 Å². The zero-order valence-electron chi connectivity index (χ0n) is 35.2. The summed E-state index contributed by atoms with van der Waals surface area (Å²) < 4.78 is 0. The monoisotopic (exact) mass is 784 g/mol.